The van der Waals surface area contributed by atoms with Crippen molar-refractivity contribution in [2.45, 2.75) is 19.3 Å². The van der Waals surface area contributed by atoms with Crippen LogP contribution >= 0.6 is 0 Å². The first-order valence-electron chi connectivity index (χ1n) is 7.89. The van der Waals surface area contributed by atoms with Gasteiger partial charge in [-0.05, 0) is 36.7 Å². The van der Waals surface area contributed by atoms with Crippen molar-refractivity contribution in [1.29, 1.82) is 0 Å². The number of aryl methyl sites for hydroxylation is 1. The van der Waals surface area contributed by atoms with E-state index in [1.807, 2.05) is 30.4 Å². The van der Waals surface area contributed by atoms with Gasteiger partial charge in [-0.1, -0.05) is 42.5 Å². The molecular formula is C18H21NO3. The van der Waals surface area contributed by atoms with Gasteiger partial charge in [-0.15, -0.1) is 0 Å². The molecule has 0 unspecified atom stereocenters. The van der Waals surface area contributed by atoms with Crippen molar-refractivity contribution in [1.82, 2.24) is 5.32 Å². The van der Waals surface area contributed by atoms with Gasteiger partial charge in [0.05, 0.1) is 11.8 Å². The molecule has 0 spiro atoms. The van der Waals surface area contributed by atoms with Crippen molar-refractivity contribution < 1.29 is 14.7 Å². The fourth-order valence-corrected chi connectivity index (χ4v) is 3.78. The molecule has 2 N–H and O–H groups in total. The number of nitrogens with one attached hydrogen (secondary N) is 1. The number of allylic oxidation sites excluding steroid dienone is 2. The molecule has 22 heavy (non-hydrogen) atoms. The number of hydrogen-bond acceptors (Lipinski definition) is 2. The van der Waals surface area contributed by atoms with Crippen molar-refractivity contribution in [2.75, 3.05) is 6.54 Å². The van der Waals surface area contributed by atoms with E-state index < -0.39 is 17.8 Å². The number of carboxylic acid groups (broad SMARTS) is 1. The largest absolute Gasteiger partial charge is 0.481 e. The second-order valence-corrected chi connectivity index (χ2v) is 6.22. The molecule has 2 aliphatic carbocycles. The number of aliphatic carboxylic acids is 1. The van der Waals surface area contributed by atoms with Crippen LogP contribution in [0.2, 0.25) is 0 Å². The molecule has 0 aromatic heterocycles. The van der Waals surface area contributed by atoms with Gasteiger partial charge < -0.3 is 10.4 Å². The van der Waals surface area contributed by atoms with Crippen LogP contribution < -0.4 is 5.32 Å². The normalized spacial score (nSPS) is 28.7. The second kappa shape index (κ2) is 6.34. The highest BCUT2D eigenvalue weighted by atomic mass is 16.4. The summed E-state index contributed by atoms with van der Waals surface area (Å²) in [5.41, 5.74) is 1.25. The Morgan fingerprint density at radius 1 is 1.09 bits per heavy atom. The Morgan fingerprint density at radius 3 is 2.45 bits per heavy atom. The first-order chi connectivity index (χ1) is 10.7. The van der Waals surface area contributed by atoms with Crippen molar-refractivity contribution in [3.8, 4) is 0 Å². The average Bonchev–Trinajstić information content (AvgIpc) is 3.13. The summed E-state index contributed by atoms with van der Waals surface area (Å²) in [5, 5.41) is 12.3. The van der Waals surface area contributed by atoms with E-state index in [0.29, 0.717) is 6.54 Å². The third-order valence-corrected chi connectivity index (χ3v) is 4.83. The third-order valence-electron chi connectivity index (χ3n) is 4.83. The van der Waals surface area contributed by atoms with Crippen LogP contribution in [-0.2, 0) is 16.0 Å². The number of hydrogen-bond donors (Lipinski definition) is 2. The summed E-state index contributed by atoms with van der Waals surface area (Å²) in [7, 11) is 0. The Kier molecular flexibility index (Phi) is 4.27. The SMILES string of the molecule is O=C(O)[C@@H]1[C@H](C(=O)NCCCc2ccccc2)[C@@H]2C=C[C@H]1C2. The fourth-order valence-electron chi connectivity index (χ4n) is 3.78. The topological polar surface area (TPSA) is 66.4 Å². The first kappa shape index (κ1) is 14.8. The monoisotopic (exact) mass is 299 g/mol. The predicted molar refractivity (Wildman–Crippen MR) is 83.1 cm³/mol. The van der Waals surface area contributed by atoms with E-state index in [1.165, 1.54) is 5.56 Å². The maximum absolute atomic E-state index is 12.4. The van der Waals surface area contributed by atoms with Crippen molar-refractivity contribution in [2.24, 2.45) is 23.7 Å². The van der Waals surface area contributed by atoms with Gasteiger partial charge in [0.2, 0.25) is 5.91 Å². The number of carboxylic acids is 1. The van der Waals surface area contributed by atoms with Crippen LogP contribution in [0, 0.1) is 23.7 Å². The van der Waals surface area contributed by atoms with Crippen LogP contribution in [0.25, 0.3) is 0 Å². The van der Waals surface area contributed by atoms with E-state index in [0.717, 1.165) is 19.3 Å². The number of carbonyl (C=O) groups excluding carboxylic acids is 1. The molecule has 2 bridgehead atoms. The summed E-state index contributed by atoms with van der Waals surface area (Å²) in [6, 6.07) is 10.1. The Morgan fingerprint density at radius 2 is 1.77 bits per heavy atom. The van der Waals surface area contributed by atoms with Crippen LogP contribution in [-0.4, -0.2) is 23.5 Å². The van der Waals surface area contributed by atoms with Gasteiger partial charge >= 0.3 is 5.97 Å². The van der Waals surface area contributed by atoms with Gasteiger partial charge in [0.1, 0.15) is 0 Å². The summed E-state index contributed by atoms with van der Waals surface area (Å²) < 4.78 is 0. The van der Waals surface area contributed by atoms with Gasteiger partial charge in [-0.2, -0.15) is 0 Å². The molecule has 116 valence electrons. The van der Waals surface area contributed by atoms with Crippen molar-refractivity contribution in [3.63, 3.8) is 0 Å². The highest BCUT2D eigenvalue weighted by molar-refractivity contribution is 5.86. The van der Waals surface area contributed by atoms with Crippen LogP contribution in [0.15, 0.2) is 42.5 Å². The number of carbonyl (C=O) groups is 2. The highest BCUT2D eigenvalue weighted by Crippen LogP contribution is 2.48. The number of rotatable bonds is 6. The van der Waals surface area contributed by atoms with Crippen LogP contribution in [0.3, 0.4) is 0 Å². The Balaban J connectivity index is 1.50. The molecule has 0 saturated heterocycles. The molecule has 0 heterocycles. The molecule has 0 radical (unpaired) electrons. The molecule has 4 nitrogen and oxygen atoms in total. The van der Waals surface area contributed by atoms with Gasteiger partial charge in [-0.3, -0.25) is 9.59 Å². The lowest BCUT2D eigenvalue weighted by Gasteiger charge is -2.23. The lowest BCUT2D eigenvalue weighted by atomic mass is 9.82. The maximum atomic E-state index is 12.4. The standard InChI is InChI=1S/C18H21NO3/c20-17(19-10-4-7-12-5-2-1-3-6-12)15-13-8-9-14(11-13)16(15)18(21)22/h1-3,5-6,8-9,13-16H,4,7,10-11H2,(H,19,20)(H,21,22)/t13-,14+,15-,16+/m1/s1. The average molecular weight is 299 g/mol. The summed E-state index contributed by atoms with van der Waals surface area (Å²) in [6.07, 6.45) is 6.56. The Bertz CT molecular complexity index is 581. The van der Waals surface area contributed by atoms with Gasteiger partial charge in [0, 0.05) is 6.54 Å². The zero-order valence-electron chi connectivity index (χ0n) is 12.4. The molecular weight excluding hydrogens is 278 g/mol. The number of amides is 1. The van der Waals surface area contributed by atoms with E-state index >= 15 is 0 Å². The molecule has 3 rings (SSSR count). The van der Waals surface area contributed by atoms with Crippen LogP contribution in [0.1, 0.15) is 18.4 Å². The molecule has 1 aromatic rings. The van der Waals surface area contributed by atoms with Gasteiger partial charge in [0.25, 0.3) is 0 Å². The molecule has 2 aliphatic rings. The minimum absolute atomic E-state index is 0.0302. The van der Waals surface area contributed by atoms with Gasteiger partial charge in [-0.25, -0.2) is 0 Å². The minimum atomic E-state index is -0.846. The maximum Gasteiger partial charge on any atom is 0.307 e. The smallest absolute Gasteiger partial charge is 0.307 e. The first-order valence-corrected chi connectivity index (χ1v) is 7.89. The molecule has 4 heteroatoms. The van der Waals surface area contributed by atoms with E-state index in [2.05, 4.69) is 17.4 Å². The Labute approximate surface area is 130 Å². The Hall–Kier alpha value is -2.10. The summed E-state index contributed by atoms with van der Waals surface area (Å²) in [6.45, 7) is 0.595. The summed E-state index contributed by atoms with van der Waals surface area (Å²) in [5.74, 6) is -1.77. The summed E-state index contributed by atoms with van der Waals surface area (Å²) in [4.78, 5) is 23.8. The third kappa shape index (κ3) is 2.91. The predicted octanol–water partition coefficient (Wildman–Crippen LogP) is 2.26. The molecule has 1 fully saturated rings. The van der Waals surface area contributed by atoms with Crippen molar-refractivity contribution >= 4 is 11.9 Å². The number of fused-ring (bicyclic) bond motifs is 2. The van der Waals surface area contributed by atoms with E-state index in [4.69, 9.17) is 0 Å². The molecule has 1 aromatic carbocycles. The highest BCUT2D eigenvalue weighted by Gasteiger charge is 2.51. The number of benzene rings is 1. The van der Waals surface area contributed by atoms with Crippen LogP contribution in [0.4, 0.5) is 0 Å². The van der Waals surface area contributed by atoms with E-state index in [9.17, 15) is 14.7 Å². The lowest BCUT2D eigenvalue weighted by molar-refractivity contribution is -0.147. The summed E-state index contributed by atoms with van der Waals surface area (Å²) >= 11 is 0. The van der Waals surface area contributed by atoms with Crippen molar-refractivity contribution in [3.05, 3.63) is 48.0 Å². The van der Waals surface area contributed by atoms with E-state index in [1.54, 1.807) is 0 Å². The minimum Gasteiger partial charge on any atom is -0.481 e. The molecule has 1 saturated carbocycles. The van der Waals surface area contributed by atoms with Crippen LogP contribution in [0.5, 0.6) is 0 Å². The van der Waals surface area contributed by atoms with Gasteiger partial charge in [0.15, 0.2) is 0 Å². The zero-order valence-corrected chi connectivity index (χ0v) is 12.4. The zero-order chi connectivity index (χ0) is 15.5. The second-order valence-electron chi connectivity index (χ2n) is 6.22. The van der Waals surface area contributed by atoms with E-state index in [-0.39, 0.29) is 17.7 Å². The lowest BCUT2D eigenvalue weighted by Crippen LogP contribution is -2.40. The fraction of sp³-hybridized carbons (Fsp3) is 0.444. The molecule has 4 atom stereocenters. The molecule has 0 aliphatic heterocycles. The molecule has 1 amide bonds. The quantitative estimate of drug-likeness (QED) is 0.625.